The number of anilines is 1. The summed E-state index contributed by atoms with van der Waals surface area (Å²) in [5, 5.41) is 0. The van der Waals surface area contributed by atoms with E-state index in [0.717, 1.165) is 11.2 Å². The molecule has 1 heterocycles. The Morgan fingerprint density at radius 2 is 1.75 bits per heavy atom. The van der Waals surface area contributed by atoms with Gasteiger partial charge in [0.2, 0.25) is 0 Å². The van der Waals surface area contributed by atoms with Crippen LogP contribution < -0.4 is 5.73 Å². The molecule has 20 heavy (non-hydrogen) atoms. The molecule has 1 aromatic carbocycles. The number of rotatable bonds is 2. The van der Waals surface area contributed by atoms with Crippen LogP contribution in [0.2, 0.25) is 0 Å². The number of benzene rings is 1. The highest BCUT2D eigenvalue weighted by atomic mass is 15.1. The van der Waals surface area contributed by atoms with Crippen LogP contribution >= 0.6 is 0 Å². The van der Waals surface area contributed by atoms with Crippen LogP contribution in [0.5, 0.6) is 0 Å². The maximum absolute atomic E-state index is 5.93. The van der Waals surface area contributed by atoms with Crippen molar-refractivity contribution in [2.45, 2.75) is 63.3 Å². The fourth-order valence-electron chi connectivity index (χ4n) is 3.66. The Kier molecular flexibility index (Phi) is 2.94. The van der Waals surface area contributed by atoms with Gasteiger partial charge in [-0.25, -0.2) is 4.98 Å². The van der Waals surface area contributed by atoms with E-state index in [1.807, 2.05) is 12.1 Å². The normalized spacial score (nSPS) is 21.2. The molecule has 2 N–H and O–H groups in total. The molecule has 3 heteroatoms. The van der Waals surface area contributed by atoms with Gasteiger partial charge in [-0.2, -0.15) is 0 Å². The van der Waals surface area contributed by atoms with Crippen LogP contribution in [-0.2, 0) is 0 Å². The topological polar surface area (TPSA) is 43.8 Å². The third-order valence-electron chi connectivity index (χ3n) is 4.87. The van der Waals surface area contributed by atoms with Crippen molar-refractivity contribution in [2.24, 2.45) is 0 Å². The van der Waals surface area contributed by atoms with Gasteiger partial charge >= 0.3 is 0 Å². The quantitative estimate of drug-likeness (QED) is 0.649. The number of nitrogens with zero attached hydrogens (tertiary/aromatic N) is 2. The molecule has 106 valence electrons. The number of imidazole rings is 1. The van der Waals surface area contributed by atoms with E-state index in [0.29, 0.717) is 12.0 Å². The van der Waals surface area contributed by atoms with Crippen LogP contribution in [0.3, 0.4) is 0 Å². The lowest BCUT2D eigenvalue weighted by Gasteiger charge is -2.20. The molecule has 2 fully saturated rings. The fourth-order valence-corrected chi connectivity index (χ4v) is 3.66. The number of aromatic nitrogens is 2. The molecule has 3 nitrogen and oxygen atoms in total. The summed E-state index contributed by atoms with van der Waals surface area (Å²) in [5.41, 5.74) is 9.15. The van der Waals surface area contributed by atoms with E-state index in [9.17, 15) is 0 Å². The highest BCUT2D eigenvalue weighted by Crippen LogP contribution is 2.43. The number of hydrogen-bond donors (Lipinski definition) is 1. The van der Waals surface area contributed by atoms with Gasteiger partial charge in [-0.1, -0.05) is 25.7 Å². The van der Waals surface area contributed by atoms with Gasteiger partial charge < -0.3 is 10.3 Å². The zero-order chi connectivity index (χ0) is 13.5. The van der Waals surface area contributed by atoms with E-state index >= 15 is 0 Å². The Bertz CT molecular complexity index is 616. The van der Waals surface area contributed by atoms with Crippen LogP contribution in [-0.4, -0.2) is 9.55 Å². The molecule has 1 aromatic heterocycles. The molecule has 0 unspecified atom stereocenters. The zero-order valence-electron chi connectivity index (χ0n) is 12.0. The first-order chi connectivity index (χ1) is 9.83. The third kappa shape index (κ3) is 2.09. The van der Waals surface area contributed by atoms with Gasteiger partial charge in [-0.05, 0) is 43.9 Å². The van der Waals surface area contributed by atoms with Crippen molar-refractivity contribution in [2.75, 3.05) is 5.73 Å². The molecule has 0 amide bonds. The van der Waals surface area contributed by atoms with Crippen molar-refractivity contribution < 1.29 is 0 Å². The lowest BCUT2D eigenvalue weighted by atomic mass is 10.1. The first-order valence-electron chi connectivity index (χ1n) is 8.10. The SMILES string of the molecule is Nc1ccc2c(c1)nc(C1CC1)n2C1CCCCCC1. The van der Waals surface area contributed by atoms with Crippen LogP contribution in [0.1, 0.15) is 69.2 Å². The molecule has 0 saturated heterocycles. The average Bonchev–Trinajstić information content (AvgIpc) is 3.24. The van der Waals surface area contributed by atoms with Gasteiger partial charge in [0.1, 0.15) is 5.82 Å². The van der Waals surface area contributed by atoms with Crippen LogP contribution in [0, 0.1) is 0 Å². The van der Waals surface area contributed by atoms with E-state index in [1.165, 1.54) is 62.7 Å². The average molecular weight is 269 g/mol. The lowest BCUT2D eigenvalue weighted by molar-refractivity contribution is 0.440. The molecular formula is C17H23N3. The smallest absolute Gasteiger partial charge is 0.113 e. The predicted molar refractivity (Wildman–Crippen MR) is 82.9 cm³/mol. The van der Waals surface area contributed by atoms with Crippen molar-refractivity contribution in [3.05, 3.63) is 24.0 Å². The number of hydrogen-bond acceptors (Lipinski definition) is 2. The zero-order valence-corrected chi connectivity index (χ0v) is 12.0. The molecule has 0 atom stereocenters. The predicted octanol–water partition coefficient (Wildman–Crippen LogP) is 4.39. The Morgan fingerprint density at radius 3 is 2.45 bits per heavy atom. The van der Waals surface area contributed by atoms with E-state index in [-0.39, 0.29) is 0 Å². The Labute approximate surface area is 120 Å². The van der Waals surface area contributed by atoms with Crippen molar-refractivity contribution >= 4 is 16.7 Å². The summed E-state index contributed by atoms with van der Waals surface area (Å²) in [6.45, 7) is 0. The maximum atomic E-state index is 5.93. The maximum Gasteiger partial charge on any atom is 0.113 e. The van der Waals surface area contributed by atoms with Gasteiger partial charge in [0, 0.05) is 17.6 Å². The first-order valence-corrected chi connectivity index (χ1v) is 8.10. The molecule has 2 saturated carbocycles. The molecule has 0 radical (unpaired) electrons. The Balaban J connectivity index is 1.84. The summed E-state index contributed by atoms with van der Waals surface area (Å²) in [5.74, 6) is 2.03. The molecule has 2 aliphatic rings. The van der Waals surface area contributed by atoms with Gasteiger partial charge in [0.15, 0.2) is 0 Å². The molecule has 4 rings (SSSR count). The molecule has 0 aliphatic heterocycles. The van der Waals surface area contributed by atoms with Crippen molar-refractivity contribution in [3.63, 3.8) is 0 Å². The van der Waals surface area contributed by atoms with Crippen LogP contribution in [0.25, 0.3) is 11.0 Å². The van der Waals surface area contributed by atoms with Crippen molar-refractivity contribution in [1.29, 1.82) is 0 Å². The number of fused-ring (bicyclic) bond motifs is 1. The molecule has 2 aliphatic carbocycles. The van der Waals surface area contributed by atoms with Gasteiger partial charge in [0.25, 0.3) is 0 Å². The second-order valence-corrected chi connectivity index (χ2v) is 6.51. The number of nitrogen functional groups attached to an aromatic ring is 1. The summed E-state index contributed by atoms with van der Waals surface area (Å²) in [6, 6.07) is 6.89. The summed E-state index contributed by atoms with van der Waals surface area (Å²) >= 11 is 0. The second-order valence-electron chi connectivity index (χ2n) is 6.51. The minimum absolute atomic E-state index is 0.654. The summed E-state index contributed by atoms with van der Waals surface area (Å²) in [6.07, 6.45) is 10.8. The minimum atomic E-state index is 0.654. The van der Waals surface area contributed by atoms with Gasteiger partial charge in [-0.3, -0.25) is 0 Å². The summed E-state index contributed by atoms with van der Waals surface area (Å²) in [7, 11) is 0. The van der Waals surface area contributed by atoms with Gasteiger partial charge in [-0.15, -0.1) is 0 Å². The highest BCUT2D eigenvalue weighted by molar-refractivity contribution is 5.80. The highest BCUT2D eigenvalue weighted by Gasteiger charge is 2.31. The molecule has 0 spiro atoms. The number of nitrogens with two attached hydrogens (primary N) is 1. The van der Waals surface area contributed by atoms with Crippen LogP contribution in [0.4, 0.5) is 5.69 Å². The molecule has 2 aromatic rings. The van der Waals surface area contributed by atoms with Crippen molar-refractivity contribution in [3.8, 4) is 0 Å². The van der Waals surface area contributed by atoms with Crippen LogP contribution in [0.15, 0.2) is 18.2 Å². The second kappa shape index (κ2) is 4.80. The Morgan fingerprint density at radius 1 is 1.00 bits per heavy atom. The largest absolute Gasteiger partial charge is 0.399 e. The Hall–Kier alpha value is -1.51. The molecular weight excluding hydrogens is 246 g/mol. The third-order valence-corrected chi connectivity index (χ3v) is 4.87. The minimum Gasteiger partial charge on any atom is -0.399 e. The standard InChI is InChI=1S/C17H23N3/c18-13-9-10-16-15(11-13)19-17(12-7-8-12)20(16)14-5-3-1-2-4-6-14/h9-12,14H,1-8,18H2. The molecule has 0 bridgehead atoms. The van der Waals surface area contributed by atoms with E-state index in [4.69, 9.17) is 10.7 Å². The van der Waals surface area contributed by atoms with E-state index < -0.39 is 0 Å². The monoisotopic (exact) mass is 269 g/mol. The lowest BCUT2D eigenvalue weighted by Crippen LogP contribution is -2.11. The van der Waals surface area contributed by atoms with E-state index in [2.05, 4.69) is 10.6 Å². The van der Waals surface area contributed by atoms with E-state index in [1.54, 1.807) is 0 Å². The van der Waals surface area contributed by atoms with Crippen molar-refractivity contribution in [1.82, 2.24) is 9.55 Å². The van der Waals surface area contributed by atoms with Gasteiger partial charge in [0.05, 0.1) is 11.0 Å². The summed E-state index contributed by atoms with van der Waals surface area (Å²) in [4.78, 5) is 4.92. The summed E-state index contributed by atoms with van der Waals surface area (Å²) < 4.78 is 2.57. The fraction of sp³-hybridized carbons (Fsp3) is 0.588. The first kappa shape index (κ1) is 12.2.